The van der Waals surface area contributed by atoms with Crippen LogP contribution in [0.5, 0.6) is 5.75 Å². The molecule has 0 aromatic heterocycles. The first-order chi connectivity index (χ1) is 14.6. The van der Waals surface area contributed by atoms with Gasteiger partial charge in [-0.1, -0.05) is 30.9 Å². The predicted octanol–water partition coefficient (Wildman–Crippen LogP) is 3.61. The minimum absolute atomic E-state index is 0.00145. The van der Waals surface area contributed by atoms with E-state index in [9.17, 15) is 9.59 Å². The number of amides is 2. The van der Waals surface area contributed by atoms with Crippen molar-refractivity contribution in [2.75, 3.05) is 31.6 Å². The van der Waals surface area contributed by atoms with Gasteiger partial charge < -0.3 is 19.9 Å². The highest BCUT2D eigenvalue weighted by molar-refractivity contribution is 6.30. The standard InChI is InChI=1S/C23H32ClN3O3/c1-30-21-10-9-17(24)14-20(21)26-13-11-18(15-26)25-22(28)19-8-5-12-27(19)23(29)16-6-3-2-4-7-16/h9-10,14,16,18-19H,2-8,11-13,15H2,1H3,(H,25,28). The maximum absolute atomic E-state index is 13.1. The number of carbonyl (C=O) groups excluding carboxylic acids is 2. The van der Waals surface area contributed by atoms with E-state index in [4.69, 9.17) is 16.3 Å². The Morgan fingerprint density at radius 2 is 1.87 bits per heavy atom. The fourth-order valence-electron chi connectivity index (χ4n) is 5.19. The summed E-state index contributed by atoms with van der Waals surface area (Å²) >= 11 is 6.18. The molecule has 1 aromatic rings. The lowest BCUT2D eigenvalue weighted by Gasteiger charge is -2.30. The second kappa shape index (κ2) is 9.46. The van der Waals surface area contributed by atoms with Gasteiger partial charge in [-0.15, -0.1) is 0 Å². The molecule has 0 spiro atoms. The molecule has 1 saturated carbocycles. The highest BCUT2D eigenvalue weighted by atomic mass is 35.5. The Bertz CT molecular complexity index is 781. The van der Waals surface area contributed by atoms with Gasteiger partial charge in [-0.05, 0) is 50.3 Å². The lowest BCUT2D eigenvalue weighted by molar-refractivity contribution is -0.142. The lowest BCUT2D eigenvalue weighted by Crippen LogP contribution is -2.50. The molecule has 2 saturated heterocycles. The van der Waals surface area contributed by atoms with Crippen molar-refractivity contribution in [1.29, 1.82) is 0 Å². The zero-order valence-corrected chi connectivity index (χ0v) is 18.5. The molecule has 1 aliphatic carbocycles. The summed E-state index contributed by atoms with van der Waals surface area (Å²) in [5.41, 5.74) is 0.955. The molecular formula is C23H32ClN3O3. The summed E-state index contributed by atoms with van der Waals surface area (Å²) in [6.45, 7) is 2.26. The van der Waals surface area contributed by atoms with Crippen LogP contribution in [-0.4, -0.2) is 55.5 Å². The van der Waals surface area contributed by atoms with Crippen molar-refractivity contribution in [3.63, 3.8) is 0 Å². The summed E-state index contributed by atoms with van der Waals surface area (Å²) in [5.74, 6) is 1.10. The van der Waals surface area contributed by atoms with Crippen molar-refractivity contribution >= 4 is 29.1 Å². The average Bonchev–Trinajstić information content (AvgIpc) is 3.43. The molecule has 7 heteroatoms. The van der Waals surface area contributed by atoms with Crippen molar-refractivity contribution in [2.24, 2.45) is 5.92 Å². The Labute approximate surface area is 183 Å². The van der Waals surface area contributed by atoms with Crippen LogP contribution in [0, 0.1) is 5.92 Å². The third kappa shape index (κ3) is 4.53. The van der Waals surface area contributed by atoms with E-state index in [1.807, 2.05) is 23.1 Å². The highest BCUT2D eigenvalue weighted by Crippen LogP contribution is 2.34. The van der Waals surface area contributed by atoms with Gasteiger partial charge in [0.25, 0.3) is 0 Å². The first-order valence-corrected chi connectivity index (χ1v) is 11.6. The zero-order valence-electron chi connectivity index (χ0n) is 17.7. The first-order valence-electron chi connectivity index (χ1n) is 11.3. The second-order valence-corrected chi connectivity index (χ2v) is 9.22. The number of methoxy groups -OCH3 is 1. The maximum Gasteiger partial charge on any atom is 0.243 e. The minimum atomic E-state index is -0.311. The van der Waals surface area contributed by atoms with Crippen molar-refractivity contribution in [1.82, 2.24) is 10.2 Å². The molecular weight excluding hydrogens is 402 g/mol. The van der Waals surface area contributed by atoms with Crippen LogP contribution in [0.4, 0.5) is 5.69 Å². The second-order valence-electron chi connectivity index (χ2n) is 8.78. The Morgan fingerprint density at radius 3 is 2.63 bits per heavy atom. The van der Waals surface area contributed by atoms with E-state index in [0.29, 0.717) is 18.1 Å². The molecule has 3 fully saturated rings. The molecule has 2 unspecified atom stereocenters. The summed E-state index contributed by atoms with van der Waals surface area (Å²) in [4.78, 5) is 30.1. The number of ether oxygens (including phenoxy) is 1. The van der Waals surface area contributed by atoms with Crippen LogP contribution in [0.25, 0.3) is 0 Å². The smallest absolute Gasteiger partial charge is 0.243 e. The van der Waals surface area contributed by atoms with Gasteiger partial charge in [-0.2, -0.15) is 0 Å². The van der Waals surface area contributed by atoms with E-state index in [1.165, 1.54) is 6.42 Å². The van der Waals surface area contributed by atoms with Gasteiger partial charge >= 0.3 is 0 Å². The van der Waals surface area contributed by atoms with E-state index in [2.05, 4.69) is 10.2 Å². The van der Waals surface area contributed by atoms with Crippen LogP contribution in [0.15, 0.2) is 18.2 Å². The van der Waals surface area contributed by atoms with Gasteiger partial charge in [0.1, 0.15) is 11.8 Å². The van der Waals surface area contributed by atoms with E-state index >= 15 is 0 Å². The number of nitrogens with one attached hydrogen (secondary N) is 1. The summed E-state index contributed by atoms with van der Waals surface area (Å²) in [5, 5.41) is 3.88. The minimum Gasteiger partial charge on any atom is -0.495 e. The maximum atomic E-state index is 13.1. The van der Waals surface area contributed by atoms with E-state index in [1.54, 1.807) is 7.11 Å². The molecule has 164 valence electrons. The quantitative estimate of drug-likeness (QED) is 0.770. The number of hydrogen-bond acceptors (Lipinski definition) is 4. The molecule has 0 radical (unpaired) electrons. The van der Waals surface area contributed by atoms with Crippen molar-refractivity contribution in [2.45, 2.75) is 63.5 Å². The molecule has 2 amide bonds. The molecule has 6 nitrogen and oxygen atoms in total. The topological polar surface area (TPSA) is 61.9 Å². The normalized spacial score (nSPS) is 24.9. The predicted molar refractivity (Wildman–Crippen MR) is 118 cm³/mol. The SMILES string of the molecule is COc1ccc(Cl)cc1N1CCC(NC(=O)C2CCCN2C(=O)C2CCCCC2)C1. The largest absolute Gasteiger partial charge is 0.495 e. The lowest BCUT2D eigenvalue weighted by atomic mass is 9.88. The molecule has 3 aliphatic rings. The number of likely N-dealkylation sites (tertiary alicyclic amines) is 1. The Kier molecular flexibility index (Phi) is 6.71. The van der Waals surface area contributed by atoms with Crippen LogP contribution < -0.4 is 15.0 Å². The Balaban J connectivity index is 1.36. The number of benzene rings is 1. The number of carbonyl (C=O) groups is 2. The van der Waals surface area contributed by atoms with Gasteiger partial charge in [0, 0.05) is 36.6 Å². The monoisotopic (exact) mass is 433 g/mol. The Hall–Kier alpha value is -1.95. The summed E-state index contributed by atoms with van der Waals surface area (Å²) in [7, 11) is 1.65. The van der Waals surface area contributed by atoms with Gasteiger partial charge in [0.2, 0.25) is 11.8 Å². The van der Waals surface area contributed by atoms with E-state index < -0.39 is 0 Å². The fourth-order valence-corrected chi connectivity index (χ4v) is 5.36. The number of rotatable bonds is 5. The summed E-state index contributed by atoms with van der Waals surface area (Å²) in [6, 6.07) is 5.35. The molecule has 1 N–H and O–H groups in total. The van der Waals surface area contributed by atoms with Gasteiger partial charge in [0.15, 0.2) is 0 Å². The third-order valence-electron chi connectivity index (χ3n) is 6.81. The molecule has 4 rings (SSSR count). The zero-order chi connectivity index (χ0) is 21.1. The van der Waals surface area contributed by atoms with Crippen molar-refractivity contribution in [3.8, 4) is 5.75 Å². The number of anilines is 1. The van der Waals surface area contributed by atoms with Crippen molar-refractivity contribution < 1.29 is 14.3 Å². The summed E-state index contributed by atoms with van der Waals surface area (Å²) in [6.07, 6.45) is 7.98. The van der Waals surface area contributed by atoms with Crippen LogP contribution in [0.2, 0.25) is 5.02 Å². The van der Waals surface area contributed by atoms with Crippen LogP contribution >= 0.6 is 11.6 Å². The average molecular weight is 434 g/mol. The fraction of sp³-hybridized carbons (Fsp3) is 0.652. The van der Waals surface area contributed by atoms with Crippen LogP contribution in [-0.2, 0) is 9.59 Å². The molecule has 2 atom stereocenters. The van der Waals surface area contributed by atoms with Crippen LogP contribution in [0.1, 0.15) is 51.4 Å². The van der Waals surface area contributed by atoms with E-state index in [0.717, 1.165) is 62.9 Å². The van der Waals surface area contributed by atoms with Gasteiger partial charge in [0.05, 0.1) is 12.8 Å². The Morgan fingerprint density at radius 1 is 1.07 bits per heavy atom. The molecule has 2 heterocycles. The highest BCUT2D eigenvalue weighted by Gasteiger charge is 2.38. The molecule has 30 heavy (non-hydrogen) atoms. The third-order valence-corrected chi connectivity index (χ3v) is 7.04. The van der Waals surface area contributed by atoms with E-state index in [-0.39, 0.29) is 29.8 Å². The van der Waals surface area contributed by atoms with Crippen molar-refractivity contribution in [3.05, 3.63) is 23.2 Å². The number of halogens is 1. The molecule has 1 aromatic carbocycles. The van der Waals surface area contributed by atoms with Gasteiger partial charge in [-0.3, -0.25) is 9.59 Å². The molecule has 2 aliphatic heterocycles. The number of hydrogen-bond donors (Lipinski definition) is 1. The summed E-state index contributed by atoms with van der Waals surface area (Å²) < 4.78 is 5.48. The first kappa shape index (κ1) is 21.3. The number of nitrogens with zero attached hydrogens (tertiary/aromatic N) is 2. The molecule has 0 bridgehead atoms. The van der Waals surface area contributed by atoms with Crippen LogP contribution in [0.3, 0.4) is 0 Å². The van der Waals surface area contributed by atoms with Gasteiger partial charge in [-0.25, -0.2) is 0 Å².